The third kappa shape index (κ3) is 3.65. The van der Waals surface area contributed by atoms with Gasteiger partial charge in [-0.3, -0.25) is 4.79 Å². The lowest BCUT2D eigenvalue weighted by Gasteiger charge is -2.26. The number of aryl methyl sites for hydroxylation is 1. The minimum absolute atomic E-state index is 0.260. The second-order valence-corrected chi connectivity index (χ2v) is 8.50. The number of hydrazone groups is 1. The summed E-state index contributed by atoms with van der Waals surface area (Å²) in [5, 5.41) is 7.34. The van der Waals surface area contributed by atoms with Gasteiger partial charge in [0.05, 0.1) is 6.21 Å². The van der Waals surface area contributed by atoms with E-state index in [1.165, 1.54) is 43.5 Å². The van der Waals surface area contributed by atoms with Crippen LogP contribution in [0.2, 0.25) is 0 Å². The Morgan fingerprint density at radius 3 is 2.71 bits per heavy atom. The molecule has 1 saturated carbocycles. The van der Waals surface area contributed by atoms with Gasteiger partial charge in [-0.1, -0.05) is 49.6 Å². The van der Waals surface area contributed by atoms with E-state index in [0.29, 0.717) is 11.6 Å². The molecule has 1 amide bonds. The van der Waals surface area contributed by atoms with Gasteiger partial charge in [0.2, 0.25) is 0 Å². The SMILES string of the molecule is Cc1cc(/C=N\NC(=O)c2cc3c(ccc4ccccc43)o2)c(C)n1C1CCCCC1. The van der Waals surface area contributed by atoms with Crippen LogP contribution in [0.1, 0.15) is 65.7 Å². The molecule has 4 aromatic rings. The van der Waals surface area contributed by atoms with E-state index < -0.39 is 0 Å². The van der Waals surface area contributed by atoms with Crippen molar-refractivity contribution in [2.24, 2.45) is 5.10 Å². The van der Waals surface area contributed by atoms with E-state index in [1.54, 1.807) is 12.3 Å². The second kappa shape index (κ2) is 8.06. The second-order valence-electron chi connectivity index (χ2n) is 8.50. The van der Waals surface area contributed by atoms with E-state index in [0.717, 1.165) is 21.7 Å². The number of hydrogen-bond donors (Lipinski definition) is 1. The van der Waals surface area contributed by atoms with Gasteiger partial charge < -0.3 is 8.98 Å². The normalized spacial score (nSPS) is 15.3. The van der Waals surface area contributed by atoms with Crippen molar-refractivity contribution in [3.8, 4) is 0 Å². The van der Waals surface area contributed by atoms with Crippen molar-refractivity contribution in [2.75, 3.05) is 0 Å². The number of amides is 1. The third-order valence-corrected chi connectivity index (χ3v) is 6.48. The molecule has 5 nitrogen and oxygen atoms in total. The topological polar surface area (TPSA) is 59.5 Å². The molecular weight excluding hydrogens is 386 g/mol. The fourth-order valence-corrected chi connectivity index (χ4v) is 4.95. The lowest BCUT2D eigenvalue weighted by molar-refractivity contribution is 0.0929. The van der Waals surface area contributed by atoms with Crippen molar-refractivity contribution in [1.29, 1.82) is 0 Å². The summed E-state index contributed by atoms with van der Waals surface area (Å²) in [5.41, 5.74) is 6.82. The van der Waals surface area contributed by atoms with Crippen LogP contribution in [0.25, 0.3) is 21.7 Å². The van der Waals surface area contributed by atoms with E-state index in [9.17, 15) is 4.79 Å². The van der Waals surface area contributed by atoms with Gasteiger partial charge in [0.25, 0.3) is 0 Å². The zero-order chi connectivity index (χ0) is 21.4. The smallest absolute Gasteiger partial charge is 0.307 e. The molecule has 1 fully saturated rings. The van der Waals surface area contributed by atoms with E-state index in [-0.39, 0.29) is 11.7 Å². The predicted molar refractivity (Wildman–Crippen MR) is 125 cm³/mol. The standard InChI is InChI=1S/C26H27N3O2/c1-17-14-20(18(2)29(17)21-9-4-3-5-10-21)16-27-28-26(30)25-15-23-22-11-7-6-8-19(22)12-13-24(23)31-25/h6-8,11-16,21H,3-5,9-10H2,1-2H3,(H,28,30)/b27-16-. The molecule has 31 heavy (non-hydrogen) atoms. The number of carbonyl (C=O) groups is 1. The summed E-state index contributed by atoms with van der Waals surface area (Å²) < 4.78 is 8.21. The molecule has 0 bridgehead atoms. The number of benzene rings is 2. The van der Waals surface area contributed by atoms with E-state index in [2.05, 4.69) is 41.1 Å². The Balaban J connectivity index is 1.34. The lowest BCUT2D eigenvalue weighted by Crippen LogP contribution is -2.17. The highest BCUT2D eigenvalue weighted by molar-refractivity contribution is 6.08. The molecular formula is C26H27N3O2. The minimum Gasteiger partial charge on any atom is -0.451 e. The highest BCUT2D eigenvalue weighted by Gasteiger charge is 2.19. The summed E-state index contributed by atoms with van der Waals surface area (Å²) in [6, 6.07) is 16.5. The van der Waals surface area contributed by atoms with Crippen molar-refractivity contribution in [1.82, 2.24) is 9.99 Å². The third-order valence-electron chi connectivity index (χ3n) is 6.48. The number of aromatic nitrogens is 1. The summed E-state index contributed by atoms with van der Waals surface area (Å²) in [7, 11) is 0. The molecule has 1 N–H and O–H groups in total. The molecule has 1 aliphatic carbocycles. The molecule has 2 aromatic heterocycles. The van der Waals surface area contributed by atoms with E-state index in [1.807, 2.05) is 30.3 Å². The number of hydrogen-bond acceptors (Lipinski definition) is 3. The van der Waals surface area contributed by atoms with Crippen LogP contribution in [0.15, 0.2) is 58.0 Å². The maximum atomic E-state index is 12.6. The summed E-state index contributed by atoms with van der Waals surface area (Å²) >= 11 is 0. The van der Waals surface area contributed by atoms with Crippen LogP contribution in [0.3, 0.4) is 0 Å². The van der Waals surface area contributed by atoms with Crippen LogP contribution in [-0.4, -0.2) is 16.7 Å². The van der Waals surface area contributed by atoms with Crippen molar-refractivity contribution in [3.63, 3.8) is 0 Å². The monoisotopic (exact) mass is 413 g/mol. The first-order chi connectivity index (χ1) is 15.1. The Hall–Kier alpha value is -3.34. The molecule has 2 aromatic carbocycles. The minimum atomic E-state index is -0.349. The largest absolute Gasteiger partial charge is 0.451 e. The van der Waals surface area contributed by atoms with Crippen LogP contribution in [-0.2, 0) is 0 Å². The van der Waals surface area contributed by atoms with Crippen LogP contribution in [0.5, 0.6) is 0 Å². The summed E-state index contributed by atoms with van der Waals surface area (Å²) in [5.74, 6) is -0.0891. The van der Waals surface area contributed by atoms with E-state index in [4.69, 9.17) is 4.42 Å². The van der Waals surface area contributed by atoms with Crippen molar-refractivity contribution in [2.45, 2.75) is 52.0 Å². The zero-order valence-electron chi connectivity index (χ0n) is 18.0. The number of furan rings is 1. The molecule has 0 saturated heterocycles. The highest BCUT2D eigenvalue weighted by atomic mass is 16.3. The predicted octanol–water partition coefficient (Wildman–Crippen LogP) is 6.27. The van der Waals surface area contributed by atoms with Crippen LogP contribution >= 0.6 is 0 Å². The first kappa shape index (κ1) is 19.6. The first-order valence-corrected chi connectivity index (χ1v) is 11.0. The van der Waals surface area contributed by atoms with Gasteiger partial charge >= 0.3 is 5.91 Å². The maximum Gasteiger partial charge on any atom is 0.307 e. The Bertz CT molecular complexity index is 1290. The quantitative estimate of drug-likeness (QED) is 0.316. The van der Waals surface area contributed by atoms with Gasteiger partial charge in [-0.15, -0.1) is 0 Å². The van der Waals surface area contributed by atoms with Gasteiger partial charge in [0.15, 0.2) is 5.76 Å². The Morgan fingerprint density at radius 1 is 1.06 bits per heavy atom. The summed E-state index contributed by atoms with van der Waals surface area (Å²) in [4.78, 5) is 12.6. The Morgan fingerprint density at radius 2 is 1.87 bits per heavy atom. The Kier molecular flexibility index (Phi) is 5.10. The van der Waals surface area contributed by atoms with Gasteiger partial charge in [-0.25, -0.2) is 5.43 Å². The molecule has 0 spiro atoms. The highest BCUT2D eigenvalue weighted by Crippen LogP contribution is 2.32. The maximum absolute atomic E-state index is 12.6. The number of carbonyl (C=O) groups excluding carboxylic acids is 1. The van der Waals surface area contributed by atoms with Gasteiger partial charge in [-0.2, -0.15) is 5.10 Å². The number of nitrogens with zero attached hydrogens (tertiary/aromatic N) is 2. The number of fused-ring (bicyclic) bond motifs is 3. The number of nitrogens with one attached hydrogen (secondary N) is 1. The van der Waals surface area contributed by atoms with Crippen molar-refractivity contribution < 1.29 is 9.21 Å². The Labute approximate surface area is 181 Å². The van der Waals surface area contributed by atoms with Gasteiger partial charge in [0.1, 0.15) is 5.58 Å². The molecule has 0 aliphatic heterocycles. The average Bonchev–Trinajstić information content (AvgIpc) is 3.35. The van der Waals surface area contributed by atoms with Crippen molar-refractivity contribution >= 4 is 33.9 Å². The van der Waals surface area contributed by atoms with Crippen molar-refractivity contribution in [3.05, 3.63) is 71.2 Å². The molecule has 158 valence electrons. The number of rotatable bonds is 4. The molecule has 0 unspecified atom stereocenters. The molecule has 1 aliphatic rings. The summed E-state index contributed by atoms with van der Waals surface area (Å²) in [6.07, 6.45) is 8.15. The molecule has 2 heterocycles. The average molecular weight is 414 g/mol. The zero-order valence-corrected chi connectivity index (χ0v) is 18.0. The molecule has 5 heteroatoms. The van der Waals surface area contributed by atoms with Crippen LogP contribution < -0.4 is 5.43 Å². The van der Waals surface area contributed by atoms with Gasteiger partial charge in [0, 0.05) is 28.4 Å². The van der Waals surface area contributed by atoms with Crippen LogP contribution in [0, 0.1) is 13.8 Å². The fourth-order valence-electron chi connectivity index (χ4n) is 4.95. The lowest BCUT2D eigenvalue weighted by atomic mass is 9.95. The summed E-state index contributed by atoms with van der Waals surface area (Å²) in [6.45, 7) is 4.28. The fraction of sp³-hybridized carbons (Fsp3) is 0.308. The van der Waals surface area contributed by atoms with Crippen LogP contribution in [0.4, 0.5) is 0 Å². The molecule has 0 atom stereocenters. The molecule has 5 rings (SSSR count). The van der Waals surface area contributed by atoms with Gasteiger partial charge in [-0.05, 0) is 55.7 Å². The molecule has 0 radical (unpaired) electrons. The first-order valence-electron chi connectivity index (χ1n) is 11.0. The van der Waals surface area contributed by atoms with E-state index >= 15 is 0 Å².